The number of ether oxygens (including phenoxy) is 1. The highest BCUT2D eigenvalue weighted by Gasteiger charge is 2.22. The Hall–Kier alpha value is -1.91. The Morgan fingerprint density at radius 1 is 1.19 bits per heavy atom. The number of rotatable bonds is 5. The van der Waals surface area contributed by atoms with Crippen LogP contribution in [-0.4, -0.2) is 18.8 Å². The molecule has 2 aromatic carbocycles. The third-order valence-corrected chi connectivity index (χ3v) is 3.69. The number of hydrogen-bond donors (Lipinski definition) is 2. The molecule has 0 radical (unpaired) electrons. The molecule has 0 heterocycles. The van der Waals surface area contributed by atoms with Crippen molar-refractivity contribution in [2.24, 2.45) is 5.73 Å². The number of aliphatic hydroxyl groups excluding tert-OH is 1. The molecule has 21 heavy (non-hydrogen) atoms. The summed E-state index contributed by atoms with van der Waals surface area (Å²) >= 11 is 0. The van der Waals surface area contributed by atoms with Gasteiger partial charge in [-0.2, -0.15) is 0 Å². The molecule has 4 heteroatoms. The molecule has 2 rings (SSSR count). The fourth-order valence-electron chi connectivity index (χ4n) is 2.44. The molecule has 0 bridgehead atoms. The molecule has 0 saturated carbocycles. The van der Waals surface area contributed by atoms with Gasteiger partial charge in [-0.05, 0) is 41.8 Å². The van der Waals surface area contributed by atoms with Crippen LogP contribution in [-0.2, 0) is 0 Å². The number of hydrogen-bond acceptors (Lipinski definition) is 3. The van der Waals surface area contributed by atoms with Gasteiger partial charge in [-0.3, -0.25) is 0 Å². The molecule has 0 aliphatic carbocycles. The molecule has 0 aliphatic heterocycles. The second kappa shape index (κ2) is 6.70. The zero-order valence-electron chi connectivity index (χ0n) is 12.2. The average Bonchev–Trinajstić information content (AvgIpc) is 2.48. The Morgan fingerprint density at radius 2 is 1.95 bits per heavy atom. The smallest absolute Gasteiger partial charge is 0.123 e. The lowest BCUT2D eigenvalue weighted by atomic mass is 9.89. The summed E-state index contributed by atoms with van der Waals surface area (Å²) in [5.41, 5.74) is 8.16. The number of aryl methyl sites for hydroxylation is 1. The topological polar surface area (TPSA) is 55.5 Å². The van der Waals surface area contributed by atoms with E-state index in [4.69, 9.17) is 10.5 Å². The van der Waals surface area contributed by atoms with Gasteiger partial charge in [0.15, 0.2) is 0 Å². The van der Waals surface area contributed by atoms with Crippen LogP contribution in [0.15, 0.2) is 42.5 Å². The molecule has 3 N–H and O–H groups in total. The second-order valence-electron chi connectivity index (χ2n) is 5.07. The molecular formula is C17H20FNO2. The van der Waals surface area contributed by atoms with Crippen LogP contribution in [0.1, 0.15) is 28.7 Å². The van der Waals surface area contributed by atoms with E-state index in [2.05, 4.69) is 0 Å². The monoisotopic (exact) mass is 289 g/mol. The molecule has 3 nitrogen and oxygen atoms in total. The van der Waals surface area contributed by atoms with E-state index in [-0.39, 0.29) is 18.3 Å². The summed E-state index contributed by atoms with van der Waals surface area (Å²) < 4.78 is 18.6. The van der Waals surface area contributed by atoms with Crippen LogP contribution in [0, 0.1) is 12.7 Å². The van der Waals surface area contributed by atoms with Crippen LogP contribution in [0.25, 0.3) is 0 Å². The number of halogens is 1. The number of benzene rings is 2. The largest absolute Gasteiger partial charge is 0.496 e. The second-order valence-corrected chi connectivity index (χ2v) is 5.07. The van der Waals surface area contributed by atoms with Crippen LogP contribution in [0.2, 0.25) is 0 Å². The molecule has 0 aliphatic rings. The zero-order valence-corrected chi connectivity index (χ0v) is 12.2. The van der Waals surface area contributed by atoms with E-state index in [0.29, 0.717) is 16.9 Å². The van der Waals surface area contributed by atoms with Gasteiger partial charge in [0, 0.05) is 12.5 Å². The SMILES string of the molecule is COc1cc(C(O)C(CN)c2cccc(F)c2)ccc1C. The Bertz CT molecular complexity index is 615. The lowest BCUT2D eigenvalue weighted by Gasteiger charge is -2.23. The van der Waals surface area contributed by atoms with Gasteiger partial charge >= 0.3 is 0 Å². The molecule has 0 amide bonds. The quantitative estimate of drug-likeness (QED) is 0.890. The highest BCUT2D eigenvalue weighted by Crippen LogP contribution is 2.33. The minimum atomic E-state index is -0.814. The highest BCUT2D eigenvalue weighted by atomic mass is 19.1. The van der Waals surface area contributed by atoms with Crippen LogP contribution in [0.3, 0.4) is 0 Å². The summed E-state index contributed by atoms with van der Waals surface area (Å²) in [7, 11) is 1.59. The van der Waals surface area contributed by atoms with Crippen LogP contribution < -0.4 is 10.5 Å². The maximum absolute atomic E-state index is 13.4. The maximum atomic E-state index is 13.4. The van der Waals surface area contributed by atoms with Crippen molar-refractivity contribution in [1.82, 2.24) is 0 Å². The summed E-state index contributed by atoms with van der Waals surface area (Å²) in [5.74, 6) is 0.00862. The lowest BCUT2D eigenvalue weighted by Crippen LogP contribution is -2.20. The molecule has 2 unspecified atom stereocenters. The lowest BCUT2D eigenvalue weighted by molar-refractivity contribution is 0.147. The van der Waals surface area contributed by atoms with Crippen molar-refractivity contribution in [1.29, 1.82) is 0 Å². The molecule has 2 atom stereocenters. The Kier molecular flexibility index (Phi) is 4.94. The van der Waals surface area contributed by atoms with Crippen LogP contribution in [0.5, 0.6) is 5.75 Å². The predicted molar refractivity (Wildman–Crippen MR) is 80.9 cm³/mol. The minimum absolute atomic E-state index is 0.223. The summed E-state index contributed by atoms with van der Waals surface area (Å²) in [5, 5.41) is 10.6. The van der Waals surface area contributed by atoms with Gasteiger partial charge in [-0.25, -0.2) is 4.39 Å². The first-order chi connectivity index (χ1) is 10.1. The minimum Gasteiger partial charge on any atom is -0.496 e. The fourth-order valence-corrected chi connectivity index (χ4v) is 2.44. The number of aliphatic hydroxyl groups is 1. The summed E-state index contributed by atoms with van der Waals surface area (Å²) in [6.07, 6.45) is -0.814. The number of methoxy groups -OCH3 is 1. The van der Waals surface area contributed by atoms with Gasteiger partial charge in [0.1, 0.15) is 11.6 Å². The molecule has 0 spiro atoms. The van der Waals surface area contributed by atoms with Crippen molar-refractivity contribution < 1.29 is 14.2 Å². The fraction of sp³-hybridized carbons (Fsp3) is 0.294. The average molecular weight is 289 g/mol. The summed E-state index contributed by atoms with van der Waals surface area (Å²) in [6, 6.07) is 11.7. The highest BCUT2D eigenvalue weighted by molar-refractivity contribution is 5.39. The van der Waals surface area contributed by atoms with Gasteiger partial charge in [-0.1, -0.05) is 24.3 Å². The summed E-state index contributed by atoms with van der Waals surface area (Å²) in [6.45, 7) is 2.16. The van der Waals surface area contributed by atoms with E-state index in [9.17, 15) is 9.50 Å². The van der Waals surface area contributed by atoms with Crippen molar-refractivity contribution in [3.63, 3.8) is 0 Å². The molecular weight excluding hydrogens is 269 g/mol. The van der Waals surface area contributed by atoms with Gasteiger partial charge < -0.3 is 15.6 Å². The molecule has 0 fully saturated rings. The first-order valence-corrected chi connectivity index (χ1v) is 6.85. The Labute approximate surface area is 124 Å². The van der Waals surface area contributed by atoms with Gasteiger partial charge in [0.2, 0.25) is 0 Å². The van der Waals surface area contributed by atoms with E-state index in [1.807, 2.05) is 19.1 Å². The van der Waals surface area contributed by atoms with E-state index < -0.39 is 6.10 Å². The Morgan fingerprint density at radius 3 is 2.57 bits per heavy atom. The van der Waals surface area contributed by atoms with Crippen molar-refractivity contribution in [3.8, 4) is 5.75 Å². The van der Waals surface area contributed by atoms with Crippen molar-refractivity contribution in [3.05, 3.63) is 65.0 Å². The first-order valence-electron chi connectivity index (χ1n) is 6.85. The zero-order chi connectivity index (χ0) is 15.4. The molecule has 0 aromatic heterocycles. The maximum Gasteiger partial charge on any atom is 0.123 e. The third-order valence-electron chi connectivity index (χ3n) is 3.69. The van der Waals surface area contributed by atoms with Gasteiger partial charge in [-0.15, -0.1) is 0 Å². The Balaban J connectivity index is 2.34. The third kappa shape index (κ3) is 3.40. The van der Waals surface area contributed by atoms with E-state index in [1.54, 1.807) is 25.3 Å². The van der Waals surface area contributed by atoms with Gasteiger partial charge in [0.05, 0.1) is 13.2 Å². The van der Waals surface area contributed by atoms with E-state index >= 15 is 0 Å². The van der Waals surface area contributed by atoms with Crippen molar-refractivity contribution in [2.75, 3.05) is 13.7 Å². The van der Waals surface area contributed by atoms with Crippen LogP contribution >= 0.6 is 0 Å². The number of nitrogens with two attached hydrogens (primary N) is 1. The normalized spacial score (nSPS) is 13.8. The van der Waals surface area contributed by atoms with E-state index in [1.165, 1.54) is 12.1 Å². The first kappa shape index (κ1) is 15.5. The van der Waals surface area contributed by atoms with E-state index in [0.717, 1.165) is 5.56 Å². The molecule has 2 aromatic rings. The van der Waals surface area contributed by atoms with Gasteiger partial charge in [0.25, 0.3) is 0 Å². The van der Waals surface area contributed by atoms with Crippen molar-refractivity contribution >= 4 is 0 Å². The predicted octanol–water partition coefficient (Wildman–Crippen LogP) is 2.92. The standard InChI is InChI=1S/C17H20FNO2/c1-11-6-7-13(9-16(11)21-2)17(20)15(10-19)12-4-3-5-14(18)8-12/h3-9,15,17,20H,10,19H2,1-2H3. The van der Waals surface area contributed by atoms with Crippen LogP contribution in [0.4, 0.5) is 4.39 Å². The molecule has 112 valence electrons. The summed E-state index contributed by atoms with van der Waals surface area (Å²) in [4.78, 5) is 0. The van der Waals surface area contributed by atoms with Crippen molar-refractivity contribution in [2.45, 2.75) is 18.9 Å². The molecule has 0 saturated heterocycles.